The molecule has 3 N–H and O–H groups in total. The van der Waals surface area contributed by atoms with Crippen molar-refractivity contribution in [3.05, 3.63) is 11.4 Å². The molecule has 0 spiro atoms. The van der Waals surface area contributed by atoms with Gasteiger partial charge in [0.15, 0.2) is 5.69 Å². The van der Waals surface area contributed by atoms with E-state index < -0.39 is 39.2 Å². The molecule has 0 aliphatic heterocycles. The van der Waals surface area contributed by atoms with Crippen LogP contribution in [-0.4, -0.2) is 48.7 Å². The standard InChI is InChI=1S/C9H13F3N4O3S/c1-3-16(4-9(10,11)12)8(17)6-7(20(13,18)19)5(2)14-15-6/h3-4H2,1-2H3,(H,14,15)(H2,13,18,19). The molecule has 0 radical (unpaired) electrons. The lowest BCUT2D eigenvalue weighted by Gasteiger charge is -2.21. The lowest BCUT2D eigenvalue weighted by Crippen LogP contribution is -2.39. The van der Waals surface area contributed by atoms with Crippen LogP contribution in [0.25, 0.3) is 0 Å². The Morgan fingerprint density at radius 1 is 1.45 bits per heavy atom. The third-order valence-corrected chi connectivity index (χ3v) is 3.49. The number of sulfonamides is 1. The number of H-pyrrole nitrogens is 1. The number of nitrogens with two attached hydrogens (primary N) is 1. The van der Waals surface area contributed by atoms with E-state index >= 15 is 0 Å². The fraction of sp³-hybridized carbons (Fsp3) is 0.556. The fourth-order valence-electron chi connectivity index (χ4n) is 1.61. The number of rotatable bonds is 4. The van der Waals surface area contributed by atoms with Crippen LogP contribution in [0.5, 0.6) is 0 Å². The summed E-state index contributed by atoms with van der Waals surface area (Å²) in [6.45, 7) is 0.871. The van der Waals surface area contributed by atoms with Crippen LogP contribution in [0.1, 0.15) is 23.1 Å². The molecule has 0 bridgehead atoms. The molecule has 0 saturated heterocycles. The second-order valence-corrected chi connectivity index (χ2v) is 5.50. The summed E-state index contributed by atoms with van der Waals surface area (Å²) in [5.74, 6) is -1.15. The number of nitrogens with zero attached hydrogens (tertiary/aromatic N) is 2. The summed E-state index contributed by atoms with van der Waals surface area (Å²) in [6, 6.07) is 0. The molecule has 0 fully saturated rings. The van der Waals surface area contributed by atoms with E-state index in [2.05, 4.69) is 10.2 Å². The summed E-state index contributed by atoms with van der Waals surface area (Å²) < 4.78 is 59.8. The van der Waals surface area contributed by atoms with Gasteiger partial charge in [-0.05, 0) is 13.8 Å². The highest BCUT2D eigenvalue weighted by Crippen LogP contribution is 2.21. The van der Waals surface area contributed by atoms with Gasteiger partial charge in [-0.15, -0.1) is 0 Å². The number of hydrogen-bond acceptors (Lipinski definition) is 4. The number of nitrogens with one attached hydrogen (secondary N) is 1. The lowest BCUT2D eigenvalue weighted by atomic mass is 10.3. The Labute approximate surface area is 113 Å². The summed E-state index contributed by atoms with van der Waals surface area (Å²) >= 11 is 0. The fourth-order valence-corrected chi connectivity index (χ4v) is 2.48. The van der Waals surface area contributed by atoms with Gasteiger partial charge >= 0.3 is 6.18 Å². The Morgan fingerprint density at radius 3 is 2.40 bits per heavy atom. The zero-order valence-electron chi connectivity index (χ0n) is 10.7. The van der Waals surface area contributed by atoms with Crippen molar-refractivity contribution in [1.82, 2.24) is 15.1 Å². The molecule has 0 aliphatic rings. The van der Waals surface area contributed by atoms with Gasteiger partial charge in [-0.25, -0.2) is 13.6 Å². The largest absolute Gasteiger partial charge is 0.406 e. The zero-order chi connectivity index (χ0) is 15.7. The van der Waals surface area contributed by atoms with Crippen molar-refractivity contribution >= 4 is 15.9 Å². The summed E-state index contributed by atoms with van der Waals surface area (Å²) in [5, 5.41) is 10.6. The minimum atomic E-state index is -4.60. The molecule has 0 atom stereocenters. The topological polar surface area (TPSA) is 109 Å². The van der Waals surface area contributed by atoms with Crippen molar-refractivity contribution in [2.75, 3.05) is 13.1 Å². The first kappa shape index (κ1) is 16.4. The summed E-state index contributed by atoms with van der Waals surface area (Å²) in [5.41, 5.74) is -0.657. The van der Waals surface area contributed by atoms with Crippen LogP contribution in [0, 0.1) is 6.92 Å². The van der Waals surface area contributed by atoms with Gasteiger partial charge in [0.05, 0.1) is 5.69 Å². The average molecular weight is 314 g/mol. The van der Waals surface area contributed by atoms with Gasteiger partial charge in [-0.2, -0.15) is 18.3 Å². The third kappa shape index (κ3) is 3.70. The van der Waals surface area contributed by atoms with E-state index in [9.17, 15) is 26.4 Å². The van der Waals surface area contributed by atoms with Crippen LogP contribution >= 0.6 is 0 Å². The lowest BCUT2D eigenvalue weighted by molar-refractivity contribution is -0.140. The normalized spacial score (nSPS) is 12.5. The number of hydrogen-bond donors (Lipinski definition) is 2. The Bertz CT molecular complexity index is 608. The maximum atomic E-state index is 12.3. The van der Waals surface area contributed by atoms with Crippen LogP contribution in [0.15, 0.2) is 4.90 Å². The van der Waals surface area contributed by atoms with Crippen LogP contribution in [0.3, 0.4) is 0 Å². The molecule has 20 heavy (non-hydrogen) atoms. The minimum Gasteiger partial charge on any atom is -0.328 e. The maximum Gasteiger partial charge on any atom is 0.406 e. The highest BCUT2D eigenvalue weighted by molar-refractivity contribution is 7.89. The molecule has 0 aliphatic carbocycles. The number of alkyl halides is 3. The van der Waals surface area contributed by atoms with E-state index in [4.69, 9.17) is 5.14 Å². The third-order valence-electron chi connectivity index (χ3n) is 2.42. The first-order chi connectivity index (χ1) is 8.97. The highest BCUT2D eigenvalue weighted by atomic mass is 32.2. The Balaban J connectivity index is 3.22. The van der Waals surface area contributed by atoms with Gasteiger partial charge in [0.1, 0.15) is 11.4 Å². The molecule has 0 saturated carbocycles. The Morgan fingerprint density at radius 2 is 2.00 bits per heavy atom. The van der Waals surface area contributed by atoms with Gasteiger partial charge in [0.25, 0.3) is 5.91 Å². The second-order valence-electron chi connectivity index (χ2n) is 4.01. The Hall–Kier alpha value is -1.62. The predicted octanol–water partition coefficient (Wildman–Crippen LogP) is 0.390. The number of halogens is 3. The number of aromatic amines is 1. The molecular weight excluding hydrogens is 301 g/mol. The molecule has 11 heteroatoms. The Kier molecular flexibility index (Phi) is 4.44. The predicted molar refractivity (Wildman–Crippen MR) is 62.3 cm³/mol. The molecule has 1 aromatic rings. The number of amides is 1. The minimum absolute atomic E-state index is 0.0149. The maximum absolute atomic E-state index is 12.3. The van der Waals surface area contributed by atoms with E-state index in [0.717, 1.165) is 0 Å². The molecule has 1 rings (SSSR count). The number of aromatic nitrogens is 2. The smallest absolute Gasteiger partial charge is 0.328 e. The van der Waals surface area contributed by atoms with E-state index in [-0.39, 0.29) is 12.2 Å². The van der Waals surface area contributed by atoms with Crippen molar-refractivity contribution in [3.8, 4) is 0 Å². The zero-order valence-corrected chi connectivity index (χ0v) is 11.5. The van der Waals surface area contributed by atoms with E-state index in [0.29, 0.717) is 4.90 Å². The molecular formula is C9H13F3N4O3S. The first-order valence-corrected chi connectivity index (χ1v) is 6.95. The van der Waals surface area contributed by atoms with Crippen molar-refractivity contribution < 1.29 is 26.4 Å². The number of carbonyl (C=O) groups is 1. The average Bonchev–Trinajstić information content (AvgIpc) is 2.65. The molecule has 0 aromatic carbocycles. The van der Waals surface area contributed by atoms with Crippen molar-refractivity contribution in [1.29, 1.82) is 0 Å². The quantitative estimate of drug-likeness (QED) is 0.837. The molecule has 1 aromatic heterocycles. The molecule has 0 unspecified atom stereocenters. The van der Waals surface area contributed by atoms with Crippen molar-refractivity contribution in [2.45, 2.75) is 24.9 Å². The summed E-state index contributed by atoms with van der Waals surface area (Å²) in [4.78, 5) is 11.8. The van der Waals surface area contributed by atoms with Crippen molar-refractivity contribution in [3.63, 3.8) is 0 Å². The van der Waals surface area contributed by atoms with Gasteiger partial charge < -0.3 is 4.90 Å². The van der Waals surface area contributed by atoms with Crippen LogP contribution < -0.4 is 5.14 Å². The van der Waals surface area contributed by atoms with Crippen molar-refractivity contribution in [2.24, 2.45) is 5.14 Å². The molecule has 1 heterocycles. The van der Waals surface area contributed by atoms with Gasteiger partial charge in [0, 0.05) is 6.54 Å². The van der Waals surface area contributed by atoms with E-state index in [1.807, 2.05) is 0 Å². The van der Waals surface area contributed by atoms with Gasteiger partial charge in [-0.3, -0.25) is 9.89 Å². The summed E-state index contributed by atoms with van der Waals surface area (Å²) in [6.07, 6.45) is -4.60. The number of carbonyl (C=O) groups excluding carboxylic acids is 1. The highest BCUT2D eigenvalue weighted by Gasteiger charge is 2.35. The number of primary sulfonamides is 1. The molecule has 114 valence electrons. The van der Waals surface area contributed by atoms with Gasteiger partial charge in [-0.1, -0.05) is 0 Å². The SMILES string of the molecule is CCN(CC(F)(F)F)C(=O)c1n[nH]c(C)c1S(N)(=O)=O. The molecule has 7 nitrogen and oxygen atoms in total. The summed E-state index contributed by atoms with van der Waals surface area (Å²) in [7, 11) is -4.27. The van der Waals surface area contributed by atoms with Crippen LogP contribution in [-0.2, 0) is 10.0 Å². The van der Waals surface area contributed by atoms with Crippen LogP contribution in [0.4, 0.5) is 13.2 Å². The molecule has 1 amide bonds. The number of aryl methyl sites for hydroxylation is 1. The first-order valence-electron chi connectivity index (χ1n) is 5.41. The van der Waals surface area contributed by atoms with E-state index in [1.54, 1.807) is 0 Å². The second kappa shape index (κ2) is 5.40. The van der Waals surface area contributed by atoms with E-state index in [1.165, 1.54) is 13.8 Å². The van der Waals surface area contributed by atoms with Crippen LogP contribution in [0.2, 0.25) is 0 Å². The van der Waals surface area contributed by atoms with Gasteiger partial charge in [0.2, 0.25) is 10.0 Å². The monoisotopic (exact) mass is 314 g/mol.